The molecule has 0 unspecified atom stereocenters. The van der Waals surface area contributed by atoms with E-state index < -0.39 is 5.97 Å². The summed E-state index contributed by atoms with van der Waals surface area (Å²) in [4.78, 5) is 10.6. The average molecular weight is 232 g/mol. The molecule has 17 heavy (non-hydrogen) atoms. The molecule has 0 bridgehead atoms. The Labute approximate surface area is 98.8 Å². The molecule has 4 nitrogen and oxygen atoms in total. The van der Waals surface area contributed by atoms with Gasteiger partial charge in [-0.2, -0.15) is 0 Å². The topological polar surface area (TPSA) is 55.8 Å². The molecule has 1 N–H and O–H groups in total. The van der Waals surface area contributed by atoms with Crippen molar-refractivity contribution in [1.29, 1.82) is 0 Å². The number of rotatable bonds is 3. The second-order valence-electron chi connectivity index (χ2n) is 3.63. The fourth-order valence-corrected chi connectivity index (χ4v) is 1.39. The molecule has 0 saturated carbocycles. The Balaban J connectivity index is 2.12. The van der Waals surface area contributed by atoms with Gasteiger partial charge in [0.15, 0.2) is 11.5 Å². The van der Waals surface area contributed by atoms with Crippen LogP contribution in [0.25, 0.3) is 6.08 Å². The second kappa shape index (κ2) is 4.74. The zero-order valence-electron chi connectivity index (χ0n) is 9.34. The van der Waals surface area contributed by atoms with Gasteiger partial charge in [-0.25, -0.2) is 4.79 Å². The number of allylic oxidation sites excluding steroid dienone is 2. The van der Waals surface area contributed by atoms with E-state index in [-0.39, 0.29) is 6.79 Å². The maximum absolute atomic E-state index is 10.6. The highest BCUT2D eigenvalue weighted by Gasteiger charge is 2.11. The summed E-state index contributed by atoms with van der Waals surface area (Å²) < 4.78 is 10.4. The van der Waals surface area contributed by atoms with E-state index in [1.807, 2.05) is 24.3 Å². The third-order valence-corrected chi connectivity index (χ3v) is 2.37. The van der Waals surface area contributed by atoms with E-state index in [1.54, 1.807) is 19.1 Å². The summed E-state index contributed by atoms with van der Waals surface area (Å²) >= 11 is 0. The highest BCUT2D eigenvalue weighted by Crippen LogP contribution is 2.32. The zero-order chi connectivity index (χ0) is 12.3. The lowest BCUT2D eigenvalue weighted by molar-refractivity contribution is -0.132. The molecule has 1 aromatic rings. The monoisotopic (exact) mass is 232 g/mol. The number of benzene rings is 1. The lowest BCUT2D eigenvalue weighted by atomic mass is 10.2. The lowest BCUT2D eigenvalue weighted by Crippen LogP contribution is -1.94. The van der Waals surface area contributed by atoms with Gasteiger partial charge in [-0.15, -0.1) is 0 Å². The van der Waals surface area contributed by atoms with Crippen LogP contribution in [0, 0.1) is 0 Å². The second-order valence-corrected chi connectivity index (χ2v) is 3.63. The Bertz CT molecular complexity index is 500. The van der Waals surface area contributed by atoms with E-state index in [0.29, 0.717) is 11.3 Å². The van der Waals surface area contributed by atoms with Gasteiger partial charge in [-0.3, -0.25) is 0 Å². The molecule has 1 aliphatic heterocycles. The lowest BCUT2D eigenvalue weighted by Gasteiger charge is -1.96. The number of carbonyl (C=O) groups is 1. The third kappa shape index (κ3) is 2.66. The molecule has 1 aromatic carbocycles. The standard InChI is InChI=1S/C13H12O4/c1-9(13(14)15)3-2-4-10-5-6-11-12(7-10)17-8-16-11/h2-7H,8H2,1H3,(H,14,15). The minimum atomic E-state index is -0.916. The van der Waals surface area contributed by atoms with Crippen LogP contribution in [0.15, 0.2) is 35.9 Å². The predicted molar refractivity (Wildman–Crippen MR) is 63.0 cm³/mol. The molecule has 88 valence electrons. The van der Waals surface area contributed by atoms with Gasteiger partial charge in [0.2, 0.25) is 6.79 Å². The minimum Gasteiger partial charge on any atom is -0.478 e. The quantitative estimate of drug-likeness (QED) is 0.642. The van der Waals surface area contributed by atoms with Gasteiger partial charge in [-0.1, -0.05) is 24.3 Å². The van der Waals surface area contributed by atoms with Gasteiger partial charge < -0.3 is 14.6 Å². The summed E-state index contributed by atoms with van der Waals surface area (Å²) in [7, 11) is 0. The van der Waals surface area contributed by atoms with Crippen molar-refractivity contribution in [2.24, 2.45) is 0 Å². The summed E-state index contributed by atoms with van der Waals surface area (Å²) in [6.45, 7) is 1.80. The smallest absolute Gasteiger partial charge is 0.331 e. The number of ether oxygens (including phenoxy) is 2. The molecule has 0 saturated heterocycles. The fraction of sp³-hybridized carbons (Fsp3) is 0.154. The first kappa shape index (κ1) is 11.3. The van der Waals surface area contributed by atoms with E-state index in [9.17, 15) is 4.79 Å². The Hall–Kier alpha value is -2.23. The van der Waals surface area contributed by atoms with Crippen molar-refractivity contribution >= 4 is 12.0 Å². The fourth-order valence-electron chi connectivity index (χ4n) is 1.39. The number of aliphatic carboxylic acids is 1. The molecule has 4 heteroatoms. The number of hydrogen-bond donors (Lipinski definition) is 1. The van der Waals surface area contributed by atoms with Crippen LogP contribution >= 0.6 is 0 Å². The molecule has 1 heterocycles. The van der Waals surface area contributed by atoms with E-state index in [2.05, 4.69) is 0 Å². The SMILES string of the molecule is CC(=CC=Cc1ccc2c(c1)OCO2)C(=O)O. The van der Waals surface area contributed by atoms with E-state index >= 15 is 0 Å². The Kier molecular flexibility index (Phi) is 3.14. The summed E-state index contributed by atoms with van der Waals surface area (Å²) in [6.07, 6.45) is 5.06. The van der Waals surface area contributed by atoms with Crippen LogP contribution in [-0.2, 0) is 4.79 Å². The van der Waals surface area contributed by atoms with Crippen LogP contribution in [0.3, 0.4) is 0 Å². The molecule has 0 aliphatic carbocycles. The van der Waals surface area contributed by atoms with Gasteiger partial charge in [0.05, 0.1) is 0 Å². The third-order valence-electron chi connectivity index (χ3n) is 2.37. The van der Waals surface area contributed by atoms with Crippen molar-refractivity contribution < 1.29 is 19.4 Å². The Morgan fingerprint density at radius 2 is 2.12 bits per heavy atom. The summed E-state index contributed by atoms with van der Waals surface area (Å²) in [5, 5.41) is 8.67. The first-order valence-electron chi connectivity index (χ1n) is 5.15. The Morgan fingerprint density at radius 3 is 2.88 bits per heavy atom. The molecule has 0 fully saturated rings. The van der Waals surface area contributed by atoms with Crippen molar-refractivity contribution in [3.05, 3.63) is 41.5 Å². The number of fused-ring (bicyclic) bond motifs is 1. The Morgan fingerprint density at radius 1 is 1.35 bits per heavy atom. The van der Waals surface area contributed by atoms with Crippen molar-refractivity contribution in [2.75, 3.05) is 6.79 Å². The molecule has 0 aromatic heterocycles. The van der Waals surface area contributed by atoms with Crippen LogP contribution in [0.2, 0.25) is 0 Å². The first-order valence-corrected chi connectivity index (χ1v) is 5.15. The maximum atomic E-state index is 10.6. The molecule has 2 rings (SSSR count). The van der Waals surface area contributed by atoms with E-state index in [0.717, 1.165) is 11.3 Å². The molecule has 0 radical (unpaired) electrons. The number of carboxylic acids is 1. The molecule has 0 amide bonds. The maximum Gasteiger partial charge on any atom is 0.331 e. The summed E-state index contributed by atoms with van der Waals surface area (Å²) in [5.41, 5.74) is 1.23. The van der Waals surface area contributed by atoms with E-state index in [1.165, 1.54) is 0 Å². The number of carboxylic acid groups (broad SMARTS) is 1. The van der Waals surface area contributed by atoms with Crippen LogP contribution in [0.5, 0.6) is 11.5 Å². The molecule has 1 aliphatic rings. The van der Waals surface area contributed by atoms with Crippen molar-refractivity contribution in [2.45, 2.75) is 6.92 Å². The van der Waals surface area contributed by atoms with Crippen LogP contribution in [0.4, 0.5) is 0 Å². The van der Waals surface area contributed by atoms with E-state index in [4.69, 9.17) is 14.6 Å². The highest BCUT2D eigenvalue weighted by atomic mass is 16.7. The van der Waals surface area contributed by atoms with Crippen molar-refractivity contribution in [3.8, 4) is 11.5 Å². The van der Waals surface area contributed by atoms with Gasteiger partial charge >= 0.3 is 5.97 Å². The summed E-state index contributed by atoms with van der Waals surface area (Å²) in [6, 6.07) is 5.56. The molecular weight excluding hydrogens is 220 g/mol. The minimum absolute atomic E-state index is 0.251. The van der Waals surface area contributed by atoms with Crippen LogP contribution in [0.1, 0.15) is 12.5 Å². The van der Waals surface area contributed by atoms with Crippen LogP contribution < -0.4 is 9.47 Å². The zero-order valence-corrected chi connectivity index (χ0v) is 9.34. The first-order chi connectivity index (χ1) is 8.16. The largest absolute Gasteiger partial charge is 0.478 e. The molecule has 0 spiro atoms. The van der Waals surface area contributed by atoms with Gasteiger partial charge in [-0.05, 0) is 24.6 Å². The number of hydrogen-bond acceptors (Lipinski definition) is 3. The highest BCUT2D eigenvalue weighted by molar-refractivity contribution is 5.86. The van der Waals surface area contributed by atoms with Crippen molar-refractivity contribution in [1.82, 2.24) is 0 Å². The normalized spacial score (nSPS) is 14.3. The predicted octanol–water partition coefficient (Wildman–Crippen LogP) is 2.46. The van der Waals surface area contributed by atoms with Crippen LogP contribution in [-0.4, -0.2) is 17.9 Å². The average Bonchev–Trinajstić information content (AvgIpc) is 2.75. The molecular formula is C13H12O4. The van der Waals surface area contributed by atoms with Gasteiger partial charge in [0, 0.05) is 5.57 Å². The van der Waals surface area contributed by atoms with Gasteiger partial charge in [0.25, 0.3) is 0 Å². The molecule has 0 atom stereocenters. The van der Waals surface area contributed by atoms with Crippen molar-refractivity contribution in [3.63, 3.8) is 0 Å². The van der Waals surface area contributed by atoms with Gasteiger partial charge in [0.1, 0.15) is 0 Å². The summed E-state index contributed by atoms with van der Waals surface area (Å²) in [5.74, 6) is 0.533.